The van der Waals surface area contributed by atoms with E-state index in [1.165, 1.54) is 0 Å². The second kappa shape index (κ2) is 5.85. The largest absolute Gasteiger partial charge is 0.468 e. The van der Waals surface area contributed by atoms with Crippen LogP contribution < -0.4 is 0 Å². The van der Waals surface area contributed by atoms with Crippen molar-refractivity contribution in [3.8, 4) is 0 Å². The van der Waals surface area contributed by atoms with E-state index < -0.39 is 0 Å². The first-order chi connectivity index (χ1) is 11.2. The van der Waals surface area contributed by atoms with Gasteiger partial charge in [0.1, 0.15) is 5.76 Å². The molecule has 6 heteroatoms. The van der Waals surface area contributed by atoms with Gasteiger partial charge in [-0.05, 0) is 31.9 Å². The third kappa shape index (κ3) is 2.67. The molecule has 0 aliphatic carbocycles. The van der Waals surface area contributed by atoms with Crippen LogP contribution in [0.25, 0.3) is 0 Å². The Kier molecular flexibility index (Phi) is 3.69. The molecule has 4 heterocycles. The molecule has 23 heavy (non-hydrogen) atoms. The Morgan fingerprint density at radius 2 is 2.39 bits per heavy atom. The maximum Gasteiger partial charge on any atom is 0.274 e. The highest BCUT2D eigenvalue weighted by Gasteiger charge is 2.32. The Morgan fingerprint density at radius 3 is 3.13 bits per heavy atom. The number of hydrogen-bond donors (Lipinski definition) is 1. The van der Waals surface area contributed by atoms with Gasteiger partial charge in [-0.25, -0.2) is 0 Å². The molecule has 0 radical (unpaired) electrons. The smallest absolute Gasteiger partial charge is 0.274 e. The van der Waals surface area contributed by atoms with Gasteiger partial charge < -0.3 is 9.32 Å². The second-order valence-electron chi connectivity index (χ2n) is 6.56. The zero-order valence-electron chi connectivity index (χ0n) is 13.4. The maximum absolute atomic E-state index is 12.8. The number of nitrogens with zero attached hydrogens (tertiary/aromatic N) is 3. The van der Waals surface area contributed by atoms with E-state index in [-0.39, 0.29) is 5.91 Å². The minimum atomic E-state index is 0.0762. The lowest BCUT2D eigenvalue weighted by Gasteiger charge is -2.27. The molecule has 1 N–H and O–H groups in total. The molecule has 0 spiro atoms. The molecule has 4 rings (SSSR count). The third-order valence-electron chi connectivity index (χ3n) is 4.99. The monoisotopic (exact) mass is 314 g/mol. The number of carbonyl (C=O) groups excluding carboxylic acids is 1. The first-order valence-electron chi connectivity index (χ1n) is 8.34. The molecule has 0 saturated carbocycles. The lowest BCUT2D eigenvalue weighted by atomic mass is 10.0. The fourth-order valence-corrected chi connectivity index (χ4v) is 3.66. The van der Waals surface area contributed by atoms with Crippen molar-refractivity contribution in [2.45, 2.75) is 45.3 Å². The van der Waals surface area contributed by atoms with Gasteiger partial charge in [-0.2, -0.15) is 5.10 Å². The van der Waals surface area contributed by atoms with Crippen molar-refractivity contribution >= 4 is 5.91 Å². The first kappa shape index (κ1) is 14.5. The fraction of sp³-hybridized carbons (Fsp3) is 0.529. The molecule has 0 bridgehead atoms. The summed E-state index contributed by atoms with van der Waals surface area (Å²) in [6.45, 7) is 5.43. The molecule has 1 atom stereocenters. The molecule has 0 aromatic carbocycles. The van der Waals surface area contributed by atoms with Crippen molar-refractivity contribution in [1.29, 1.82) is 0 Å². The van der Waals surface area contributed by atoms with Crippen LogP contribution in [0.2, 0.25) is 0 Å². The molecule has 1 amide bonds. The zero-order valence-corrected chi connectivity index (χ0v) is 13.4. The summed E-state index contributed by atoms with van der Waals surface area (Å²) in [6.07, 6.45) is 4.77. The summed E-state index contributed by atoms with van der Waals surface area (Å²) in [5.41, 5.74) is 2.78. The molecule has 0 unspecified atom stereocenters. The number of likely N-dealkylation sites (tertiary alicyclic amines) is 1. The zero-order chi connectivity index (χ0) is 15.8. The Bertz CT molecular complexity index is 692. The van der Waals surface area contributed by atoms with Crippen LogP contribution in [0.1, 0.15) is 47.3 Å². The molecule has 2 aromatic rings. The number of carbonyl (C=O) groups is 1. The Labute approximate surface area is 135 Å². The van der Waals surface area contributed by atoms with E-state index >= 15 is 0 Å². The van der Waals surface area contributed by atoms with Gasteiger partial charge in [-0.3, -0.25) is 14.8 Å². The quantitative estimate of drug-likeness (QED) is 0.943. The lowest BCUT2D eigenvalue weighted by Crippen LogP contribution is -2.36. The molecule has 122 valence electrons. The molecule has 2 aromatic heterocycles. The van der Waals surface area contributed by atoms with Crippen LogP contribution in [-0.2, 0) is 19.5 Å². The summed E-state index contributed by atoms with van der Waals surface area (Å²) >= 11 is 0. The van der Waals surface area contributed by atoms with Crippen LogP contribution in [0, 0.1) is 0 Å². The minimum Gasteiger partial charge on any atom is -0.468 e. The van der Waals surface area contributed by atoms with Gasteiger partial charge in [0.05, 0.1) is 12.8 Å². The average Bonchev–Trinajstić information content (AvgIpc) is 3.27. The molecule has 2 aliphatic heterocycles. The predicted octanol–water partition coefficient (Wildman–Crippen LogP) is 2.19. The lowest BCUT2D eigenvalue weighted by molar-refractivity contribution is 0.0738. The Hall–Kier alpha value is -2.08. The maximum atomic E-state index is 12.8. The summed E-state index contributed by atoms with van der Waals surface area (Å²) in [5.74, 6) is 1.03. The van der Waals surface area contributed by atoms with Gasteiger partial charge in [0, 0.05) is 43.4 Å². The molecular formula is C17H22N4O2. The number of aromatic amines is 1. The standard InChI is InChI=1S/C17H22N4O2/c1-12-4-2-7-21(12)17(22)16-14-11-20(8-6-15(14)18-19-16)10-13-5-3-9-23-13/h3,5,9,12H,2,4,6-8,10-11H2,1H3,(H,18,19)/t12-/m0/s1. The van der Waals surface area contributed by atoms with E-state index in [1.807, 2.05) is 17.0 Å². The Balaban J connectivity index is 1.53. The van der Waals surface area contributed by atoms with E-state index in [1.54, 1.807) is 6.26 Å². The summed E-state index contributed by atoms with van der Waals surface area (Å²) in [4.78, 5) is 17.1. The predicted molar refractivity (Wildman–Crippen MR) is 84.8 cm³/mol. The number of rotatable bonds is 3. The van der Waals surface area contributed by atoms with E-state index in [4.69, 9.17) is 4.42 Å². The average molecular weight is 314 g/mol. The minimum absolute atomic E-state index is 0.0762. The van der Waals surface area contributed by atoms with Crippen molar-refractivity contribution in [2.75, 3.05) is 13.1 Å². The SMILES string of the molecule is C[C@H]1CCCN1C(=O)c1n[nH]c2c1CN(Cc1ccco1)CC2. The van der Waals surface area contributed by atoms with Gasteiger partial charge in [0.2, 0.25) is 0 Å². The van der Waals surface area contributed by atoms with Gasteiger partial charge in [-0.15, -0.1) is 0 Å². The van der Waals surface area contributed by atoms with E-state index in [2.05, 4.69) is 22.0 Å². The highest BCUT2D eigenvalue weighted by Crippen LogP contribution is 2.25. The number of amides is 1. The summed E-state index contributed by atoms with van der Waals surface area (Å²) in [5, 5.41) is 7.42. The number of nitrogens with one attached hydrogen (secondary N) is 1. The molecule has 1 saturated heterocycles. The fourth-order valence-electron chi connectivity index (χ4n) is 3.66. The van der Waals surface area contributed by atoms with Crippen molar-refractivity contribution in [2.24, 2.45) is 0 Å². The number of fused-ring (bicyclic) bond motifs is 1. The van der Waals surface area contributed by atoms with Crippen molar-refractivity contribution < 1.29 is 9.21 Å². The number of aromatic nitrogens is 2. The third-order valence-corrected chi connectivity index (χ3v) is 4.99. The van der Waals surface area contributed by atoms with E-state index in [9.17, 15) is 4.79 Å². The van der Waals surface area contributed by atoms with Crippen LogP contribution >= 0.6 is 0 Å². The normalized spacial score (nSPS) is 21.6. The topological polar surface area (TPSA) is 65.4 Å². The van der Waals surface area contributed by atoms with Crippen molar-refractivity contribution in [1.82, 2.24) is 20.0 Å². The number of hydrogen-bond acceptors (Lipinski definition) is 4. The van der Waals surface area contributed by atoms with Crippen LogP contribution in [0.5, 0.6) is 0 Å². The van der Waals surface area contributed by atoms with Crippen LogP contribution in [0.15, 0.2) is 22.8 Å². The van der Waals surface area contributed by atoms with Gasteiger partial charge in [0.15, 0.2) is 5.69 Å². The van der Waals surface area contributed by atoms with Gasteiger partial charge >= 0.3 is 0 Å². The summed E-state index contributed by atoms with van der Waals surface area (Å²) in [6, 6.07) is 4.22. The highest BCUT2D eigenvalue weighted by atomic mass is 16.3. The van der Waals surface area contributed by atoms with E-state index in [0.29, 0.717) is 11.7 Å². The van der Waals surface area contributed by atoms with Crippen molar-refractivity contribution in [3.05, 3.63) is 41.1 Å². The first-order valence-corrected chi connectivity index (χ1v) is 8.34. The van der Waals surface area contributed by atoms with Crippen molar-refractivity contribution in [3.63, 3.8) is 0 Å². The van der Waals surface area contributed by atoms with Crippen LogP contribution in [-0.4, -0.2) is 45.0 Å². The van der Waals surface area contributed by atoms with E-state index in [0.717, 1.165) is 62.5 Å². The van der Waals surface area contributed by atoms with Gasteiger partial charge in [0.25, 0.3) is 5.91 Å². The Morgan fingerprint density at radius 1 is 1.48 bits per heavy atom. The molecule has 2 aliphatic rings. The van der Waals surface area contributed by atoms with Crippen LogP contribution in [0.3, 0.4) is 0 Å². The summed E-state index contributed by atoms with van der Waals surface area (Å²) < 4.78 is 5.44. The molecule has 1 fully saturated rings. The number of furan rings is 1. The van der Waals surface area contributed by atoms with Gasteiger partial charge in [-0.1, -0.05) is 0 Å². The number of H-pyrrole nitrogens is 1. The summed E-state index contributed by atoms with van der Waals surface area (Å²) in [7, 11) is 0. The molecular weight excluding hydrogens is 292 g/mol. The second-order valence-corrected chi connectivity index (χ2v) is 6.56. The highest BCUT2D eigenvalue weighted by molar-refractivity contribution is 5.94. The van der Waals surface area contributed by atoms with Crippen LogP contribution in [0.4, 0.5) is 0 Å². The molecule has 6 nitrogen and oxygen atoms in total.